The highest BCUT2D eigenvalue weighted by molar-refractivity contribution is 6.16. The summed E-state index contributed by atoms with van der Waals surface area (Å²) in [6.07, 6.45) is 3.71. The third kappa shape index (κ3) is 3.09. The first kappa shape index (κ1) is 24.0. The minimum Gasteiger partial charge on any atom is -0.456 e. The number of para-hydroxylation sites is 2. The molecule has 6 aromatic heterocycles. The highest BCUT2D eigenvalue weighted by Crippen LogP contribution is 2.40. The Morgan fingerprint density at radius 1 is 0.370 bits per heavy atom. The molecule has 0 radical (unpaired) electrons. The quantitative estimate of drug-likeness (QED) is 0.201. The van der Waals surface area contributed by atoms with Gasteiger partial charge in [0.25, 0.3) is 0 Å². The van der Waals surface area contributed by atoms with Gasteiger partial charge in [-0.3, -0.25) is 9.97 Å². The SMILES string of the molecule is c1ccc2c(c1)c1ncccc1n2-c1ccc2oc3cc4c(cc3c2c1)oc1ccc(-n2c3ccccc3c3ncccc32)cc14. The van der Waals surface area contributed by atoms with E-state index in [1.807, 2.05) is 24.5 Å². The van der Waals surface area contributed by atoms with Crippen molar-refractivity contribution in [2.24, 2.45) is 0 Å². The van der Waals surface area contributed by atoms with Gasteiger partial charge in [0.15, 0.2) is 0 Å². The van der Waals surface area contributed by atoms with E-state index in [0.29, 0.717) is 0 Å². The monoisotopic (exact) mass is 590 g/mol. The molecule has 0 amide bonds. The van der Waals surface area contributed by atoms with Crippen LogP contribution in [0.2, 0.25) is 0 Å². The van der Waals surface area contributed by atoms with Crippen LogP contribution in [0.3, 0.4) is 0 Å². The first-order valence-corrected chi connectivity index (χ1v) is 15.3. The van der Waals surface area contributed by atoms with Crippen molar-refractivity contribution in [2.45, 2.75) is 0 Å². The van der Waals surface area contributed by atoms with Crippen molar-refractivity contribution in [1.82, 2.24) is 19.1 Å². The lowest BCUT2D eigenvalue weighted by atomic mass is 10.1. The number of furan rings is 2. The summed E-state index contributed by atoms with van der Waals surface area (Å²) in [6, 6.07) is 42.1. The average molecular weight is 591 g/mol. The van der Waals surface area contributed by atoms with Crippen LogP contribution in [0.5, 0.6) is 0 Å². The van der Waals surface area contributed by atoms with E-state index in [-0.39, 0.29) is 0 Å². The number of benzene rings is 5. The third-order valence-electron chi connectivity index (χ3n) is 9.40. The molecule has 0 spiro atoms. The number of nitrogens with zero attached hydrogens (tertiary/aromatic N) is 4. The molecular weight excluding hydrogens is 568 g/mol. The second kappa shape index (κ2) is 8.61. The van der Waals surface area contributed by atoms with E-state index in [0.717, 1.165) is 99.1 Å². The molecule has 0 aliphatic rings. The normalized spacial score (nSPS) is 12.3. The van der Waals surface area contributed by atoms with Crippen LogP contribution < -0.4 is 0 Å². The number of aromatic nitrogens is 4. The molecule has 11 rings (SSSR count). The second-order valence-electron chi connectivity index (χ2n) is 11.9. The summed E-state index contributed by atoms with van der Waals surface area (Å²) in [7, 11) is 0. The molecule has 6 nitrogen and oxygen atoms in total. The molecule has 0 bridgehead atoms. The van der Waals surface area contributed by atoms with E-state index < -0.39 is 0 Å². The van der Waals surface area contributed by atoms with Gasteiger partial charge >= 0.3 is 0 Å². The molecule has 0 N–H and O–H groups in total. The van der Waals surface area contributed by atoms with Gasteiger partial charge < -0.3 is 18.0 Å². The molecule has 0 fully saturated rings. The topological polar surface area (TPSA) is 61.9 Å². The predicted octanol–water partition coefficient (Wildman–Crippen LogP) is 10.5. The third-order valence-corrected chi connectivity index (χ3v) is 9.40. The number of hydrogen-bond donors (Lipinski definition) is 0. The van der Waals surface area contributed by atoms with Gasteiger partial charge in [0.2, 0.25) is 0 Å². The predicted molar refractivity (Wildman–Crippen MR) is 185 cm³/mol. The van der Waals surface area contributed by atoms with Gasteiger partial charge in [-0.1, -0.05) is 36.4 Å². The van der Waals surface area contributed by atoms with Gasteiger partial charge in [-0.2, -0.15) is 0 Å². The largest absolute Gasteiger partial charge is 0.456 e. The Labute approximate surface area is 260 Å². The van der Waals surface area contributed by atoms with Crippen LogP contribution in [-0.2, 0) is 0 Å². The van der Waals surface area contributed by atoms with Crippen LogP contribution in [-0.4, -0.2) is 19.1 Å². The molecule has 46 heavy (non-hydrogen) atoms. The molecule has 0 atom stereocenters. The highest BCUT2D eigenvalue weighted by atomic mass is 16.3. The Morgan fingerprint density at radius 3 is 1.30 bits per heavy atom. The van der Waals surface area contributed by atoms with E-state index in [1.54, 1.807) is 0 Å². The molecule has 214 valence electrons. The smallest absolute Gasteiger partial charge is 0.136 e. The zero-order valence-corrected chi connectivity index (χ0v) is 24.3. The summed E-state index contributed by atoms with van der Waals surface area (Å²) in [5.41, 5.74) is 11.9. The number of pyridine rings is 2. The van der Waals surface area contributed by atoms with Gasteiger partial charge in [-0.05, 0) is 84.9 Å². The standard InChI is InChI=1S/C40H22N4O2/c1-3-9-31-25(7-1)39-33(11-5-17-41-39)43(31)23-13-15-35-27(19-23)29-21-38-30(22-37(29)45-35)28-20-24(14-16-36(28)46-38)44-32-10-4-2-8-26(32)40-34(44)12-6-18-42-40/h1-22H. The highest BCUT2D eigenvalue weighted by Gasteiger charge is 2.18. The Balaban J connectivity index is 1.13. The molecule has 6 heterocycles. The lowest BCUT2D eigenvalue weighted by Gasteiger charge is -2.07. The Hall–Kier alpha value is -6.40. The zero-order valence-electron chi connectivity index (χ0n) is 24.3. The summed E-state index contributed by atoms with van der Waals surface area (Å²) < 4.78 is 17.5. The van der Waals surface area contributed by atoms with Crippen molar-refractivity contribution in [2.75, 3.05) is 0 Å². The van der Waals surface area contributed by atoms with Gasteiger partial charge in [-0.25, -0.2) is 0 Å². The number of fused-ring (bicyclic) bond motifs is 12. The van der Waals surface area contributed by atoms with Gasteiger partial charge in [0.1, 0.15) is 22.3 Å². The summed E-state index contributed by atoms with van der Waals surface area (Å²) in [4.78, 5) is 9.42. The van der Waals surface area contributed by atoms with Crippen molar-refractivity contribution in [3.8, 4) is 11.4 Å². The maximum Gasteiger partial charge on any atom is 0.136 e. The van der Waals surface area contributed by atoms with E-state index in [4.69, 9.17) is 18.8 Å². The Kier molecular flexibility index (Phi) is 4.49. The van der Waals surface area contributed by atoms with E-state index in [9.17, 15) is 0 Å². The molecular formula is C40H22N4O2. The van der Waals surface area contributed by atoms with E-state index in [1.165, 1.54) is 0 Å². The first-order chi connectivity index (χ1) is 22.8. The van der Waals surface area contributed by atoms with Gasteiger partial charge in [0, 0.05) is 56.1 Å². The molecule has 0 aliphatic heterocycles. The lowest BCUT2D eigenvalue weighted by molar-refractivity contribution is 0.664. The molecule has 0 saturated carbocycles. The van der Waals surface area contributed by atoms with Crippen molar-refractivity contribution >= 4 is 87.7 Å². The van der Waals surface area contributed by atoms with Crippen molar-refractivity contribution in [3.05, 3.63) is 134 Å². The Bertz CT molecular complexity index is 2730. The van der Waals surface area contributed by atoms with Gasteiger partial charge in [-0.15, -0.1) is 0 Å². The fourth-order valence-electron chi connectivity index (χ4n) is 7.42. The summed E-state index contributed by atoms with van der Waals surface area (Å²) in [5.74, 6) is 0. The summed E-state index contributed by atoms with van der Waals surface area (Å²) in [5, 5.41) is 6.41. The Morgan fingerprint density at radius 2 is 0.804 bits per heavy atom. The number of rotatable bonds is 2. The number of hydrogen-bond acceptors (Lipinski definition) is 4. The zero-order chi connectivity index (χ0) is 29.9. The van der Waals surface area contributed by atoms with Crippen molar-refractivity contribution < 1.29 is 8.83 Å². The minimum atomic E-state index is 0.831. The van der Waals surface area contributed by atoms with E-state index >= 15 is 0 Å². The summed E-state index contributed by atoms with van der Waals surface area (Å²) in [6.45, 7) is 0. The molecule has 0 aliphatic carbocycles. The van der Waals surface area contributed by atoms with Crippen LogP contribution >= 0.6 is 0 Å². The fraction of sp³-hybridized carbons (Fsp3) is 0. The molecule has 5 aromatic carbocycles. The van der Waals surface area contributed by atoms with E-state index in [2.05, 4.69) is 118 Å². The maximum absolute atomic E-state index is 6.47. The van der Waals surface area contributed by atoms with Crippen molar-refractivity contribution in [3.63, 3.8) is 0 Å². The maximum atomic E-state index is 6.47. The van der Waals surface area contributed by atoms with Crippen LogP contribution in [0.4, 0.5) is 0 Å². The van der Waals surface area contributed by atoms with Crippen LogP contribution in [0.15, 0.2) is 143 Å². The van der Waals surface area contributed by atoms with Crippen LogP contribution in [0, 0.1) is 0 Å². The lowest BCUT2D eigenvalue weighted by Crippen LogP contribution is -1.93. The molecule has 0 saturated heterocycles. The van der Waals surface area contributed by atoms with Crippen LogP contribution in [0.25, 0.3) is 99.1 Å². The fourth-order valence-corrected chi connectivity index (χ4v) is 7.42. The summed E-state index contributed by atoms with van der Waals surface area (Å²) >= 11 is 0. The first-order valence-electron chi connectivity index (χ1n) is 15.3. The van der Waals surface area contributed by atoms with Crippen LogP contribution in [0.1, 0.15) is 0 Å². The molecule has 0 unspecified atom stereocenters. The molecule has 11 aromatic rings. The van der Waals surface area contributed by atoms with Crippen molar-refractivity contribution in [1.29, 1.82) is 0 Å². The minimum absolute atomic E-state index is 0.831. The van der Waals surface area contributed by atoms with Gasteiger partial charge in [0.05, 0.1) is 33.1 Å². The average Bonchev–Trinajstić information content (AvgIpc) is 3.84. The molecule has 6 heteroatoms. The second-order valence-corrected chi connectivity index (χ2v) is 11.9.